The van der Waals surface area contributed by atoms with E-state index in [4.69, 9.17) is 4.74 Å². The molecule has 0 amide bonds. The number of aromatic carboxylic acids is 1. The van der Waals surface area contributed by atoms with Crippen LogP contribution in [0, 0.1) is 0 Å². The fourth-order valence-electron chi connectivity index (χ4n) is 3.38. The number of hydrogen-bond acceptors (Lipinski definition) is 7. The Bertz CT molecular complexity index is 1230. The maximum atomic E-state index is 11.4. The summed E-state index contributed by atoms with van der Waals surface area (Å²) in [7, 11) is 3.59. The lowest BCUT2D eigenvalue weighted by atomic mass is 10.1. The molecule has 0 spiro atoms. The normalized spacial score (nSPS) is 10.7. The summed E-state index contributed by atoms with van der Waals surface area (Å²) in [6, 6.07) is 18.3. The highest BCUT2D eigenvalue weighted by atomic mass is 16.5. The van der Waals surface area contributed by atoms with Crippen LogP contribution in [0.3, 0.4) is 0 Å². The van der Waals surface area contributed by atoms with Crippen molar-refractivity contribution < 1.29 is 14.6 Å². The van der Waals surface area contributed by atoms with Gasteiger partial charge in [0.05, 0.1) is 19.2 Å². The molecule has 0 bridgehead atoms. The van der Waals surface area contributed by atoms with Gasteiger partial charge < -0.3 is 14.7 Å². The highest BCUT2D eigenvalue weighted by Gasteiger charge is 2.14. The van der Waals surface area contributed by atoms with E-state index in [1.165, 1.54) is 4.80 Å². The Morgan fingerprint density at radius 2 is 1.91 bits per heavy atom. The van der Waals surface area contributed by atoms with Crippen LogP contribution in [0.15, 0.2) is 66.9 Å². The molecule has 2 aromatic heterocycles. The predicted octanol–water partition coefficient (Wildman–Crippen LogP) is 3.13. The van der Waals surface area contributed by atoms with Crippen molar-refractivity contribution in [1.82, 2.24) is 25.2 Å². The number of benzene rings is 2. The Labute approximate surface area is 184 Å². The van der Waals surface area contributed by atoms with E-state index in [0.29, 0.717) is 23.7 Å². The Balaban J connectivity index is 1.54. The summed E-state index contributed by atoms with van der Waals surface area (Å²) in [4.78, 5) is 19.2. The smallest absolute Gasteiger partial charge is 0.336 e. The number of aromatic nitrogens is 5. The minimum atomic E-state index is -0.989. The van der Waals surface area contributed by atoms with E-state index in [1.807, 2.05) is 48.3 Å². The number of carboxylic acids is 1. The quantitative estimate of drug-likeness (QED) is 0.454. The molecule has 4 aromatic rings. The molecule has 0 radical (unpaired) electrons. The summed E-state index contributed by atoms with van der Waals surface area (Å²) in [5.41, 5.74) is 2.57. The van der Waals surface area contributed by atoms with Crippen molar-refractivity contribution in [3.05, 3.63) is 83.6 Å². The Kier molecular flexibility index (Phi) is 6.07. The number of nitrogens with zero attached hydrogens (tertiary/aromatic N) is 6. The first kappa shape index (κ1) is 21.0. The molecular formula is C23H22N6O3. The predicted molar refractivity (Wildman–Crippen MR) is 119 cm³/mol. The zero-order valence-corrected chi connectivity index (χ0v) is 17.7. The van der Waals surface area contributed by atoms with Gasteiger partial charge in [0.15, 0.2) is 0 Å². The molecule has 0 saturated carbocycles. The number of rotatable bonds is 8. The van der Waals surface area contributed by atoms with Gasteiger partial charge in [0.2, 0.25) is 5.82 Å². The molecule has 0 saturated heterocycles. The maximum Gasteiger partial charge on any atom is 0.336 e. The van der Waals surface area contributed by atoms with Crippen molar-refractivity contribution in [2.45, 2.75) is 13.1 Å². The number of pyridine rings is 1. The van der Waals surface area contributed by atoms with Crippen LogP contribution in [-0.2, 0) is 13.1 Å². The lowest BCUT2D eigenvalue weighted by Gasteiger charge is -2.19. The van der Waals surface area contributed by atoms with E-state index >= 15 is 0 Å². The van der Waals surface area contributed by atoms with Gasteiger partial charge in [-0.1, -0.05) is 36.4 Å². The molecule has 32 heavy (non-hydrogen) atoms. The van der Waals surface area contributed by atoms with Crippen LogP contribution in [0.2, 0.25) is 0 Å². The average Bonchev–Trinajstić information content (AvgIpc) is 3.28. The zero-order valence-electron chi connectivity index (χ0n) is 17.7. The molecule has 9 heteroatoms. The number of methoxy groups -OCH3 is 1. The van der Waals surface area contributed by atoms with E-state index in [-0.39, 0.29) is 12.1 Å². The van der Waals surface area contributed by atoms with E-state index < -0.39 is 5.97 Å². The van der Waals surface area contributed by atoms with Gasteiger partial charge in [0.25, 0.3) is 0 Å². The summed E-state index contributed by atoms with van der Waals surface area (Å²) in [6.45, 7) is 0.826. The highest BCUT2D eigenvalue weighted by Crippen LogP contribution is 2.27. The molecule has 0 aliphatic rings. The van der Waals surface area contributed by atoms with Crippen molar-refractivity contribution >= 4 is 11.8 Å². The standard InChI is InChI=1S/C23H22N6O3/c1-28(21-9-5-6-12-24-21)14-18-11-10-16(13-20(18)32-2)22-25-27-29(26-22)15-17-7-3-4-8-19(17)23(30)31/h3-13H,14-15H2,1-2H3,(H,30,31). The fraction of sp³-hybridized carbons (Fsp3) is 0.174. The lowest BCUT2D eigenvalue weighted by Crippen LogP contribution is -2.17. The first-order valence-corrected chi connectivity index (χ1v) is 9.93. The largest absolute Gasteiger partial charge is 0.496 e. The Morgan fingerprint density at radius 1 is 1.09 bits per heavy atom. The molecule has 162 valence electrons. The number of tetrazole rings is 1. The van der Waals surface area contributed by atoms with Crippen molar-refractivity contribution in [3.8, 4) is 17.1 Å². The van der Waals surface area contributed by atoms with Gasteiger partial charge >= 0.3 is 5.97 Å². The van der Waals surface area contributed by atoms with Crippen molar-refractivity contribution in [2.75, 3.05) is 19.1 Å². The molecule has 4 rings (SSSR count). The summed E-state index contributed by atoms with van der Waals surface area (Å²) in [5, 5.41) is 22.0. The molecule has 9 nitrogen and oxygen atoms in total. The fourth-order valence-corrected chi connectivity index (χ4v) is 3.38. The second-order valence-corrected chi connectivity index (χ2v) is 7.18. The molecule has 0 fully saturated rings. The minimum absolute atomic E-state index is 0.208. The average molecular weight is 430 g/mol. The van der Waals surface area contributed by atoms with Gasteiger partial charge in [-0.3, -0.25) is 0 Å². The van der Waals surface area contributed by atoms with Crippen molar-refractivity contribution in [3.63, 3.8) is 0 Å². The summed E-state index contributed by atoms with van der Waals surface area (Å²) >= 11 is 0. The van der Waals surface area contributed by atoms with Crippen LogP contribution in [0.25, 0.3) is 11.4 Å². The minimum Gasteiger partial charge on any atom is -0.496 e. The molecule has 2 heterocycles. The molecule has 0 aliphatic heterocycles. The third kappa shape index (κ3) is 4.56. The monoisotopic (exact) mass is 430 g/mol. The molecule has 1 N–H and O–H groups in total. The first-order chi connectivity index (χ1) is 15.5. The van der Waals surface area contributed by atoms with Crippen molar-refractivity contribution in [2.24, 2.45) is 0 Å². The van der Waals surface area contributed by atoms with Crippen LogP contribution in [0.4, 0.5) is 5.82 Å². The van der Waals surface area contributed by atoms with Gasteiger partial charge in [-0.05, 0) is 35.0 Å². The molecule has 0 unspecified atom stereocenters. The lowest BCUT2D eigenvalue weighted by molar-refractivity contribution is 0.0695. The van der Waals surface area contributed by atoms with Crippen LogP contribution in [-0.4, -0.2) is 50.4 Å². The van der Waals surface area contributed by atoms with E-state index in [9.17, 15) is 9.90 Å². The number of ether oxygens (including phenoxy) is 1. The van der Waals surface area contributed by atoms with E-state index in [2.05, 4.69) is 20.4 Å². The molecule has 0 atom stereocenters. The number of carbonyl (C=O) groups is 1. The van der Waals surface area contributed by atoms with E-state index in [0.717, 1.165) is 16.9 Å². The first-order valence-electron chi connectivity index (χ1n) is 9.93. The summed E-state index contributed by atoms with van der Waals surface area (Å²) < 4.78 is 5.59. The Morgan fingerprint density at radius 3 is 2.66 bits per heavy atom. The van der Waals surface area contributed by atoms with Crippen LogP contribution in [0.5, 0.6) is 5.75 Å². The molecule has 0 aliphatic carbocycles. The van der Waals surface area contributed by atoms with Gasteiger partial charge in [0.1, 0.15) is 11.6 Å². The van der Waals surface area contributed by atoms with Crippen molar-refractivity contribution in [1.29, 1.82) is 0 Å². The second kappa shape index (κ2) is 9.25. The maximum absolute atomic E-state index is 11.4. The van der Waals surface area contributed by atoms with Crippen LogP contribution < -0.4 is 9.64 Å². The highest BCUT2D eigenvalue weighted by molar-refractivity contribution is 5.89. The second-order valence-electron chi connectivity index (χ2n) is 7.18. The molecule has 2 aromatic carbocycles. The number of hydrogen-bond donors (Lipinski definition) is 1. The third-order valence-electron chi connectivity index (χ3n) is 5.01. The van der Waals surface area contributed by atoms with Gasteiger partial charge in [-0.15, -0.1) is 10.2 Å². The zero-order chi connectivity index (χ0) is 22.5. The van der Waals surface area contributed by atoms with Crippen LogP contribution in [0.1, 0.15) is 21.5 Å². The molecular weight excluding hydrogens is 408 g/mol. The number of anilines is 1. The Hall–Kier alpha value is -4.27. The van der Waals surface area contributed by atoms with E-state index in [1.54, 1.807) is 37.6 Å². The summed E-state index contributed by atoms with van der Waals surface area (Å²) in [6.07, 6.45) is 1.76. The summed E-state index contributed by atoms with van der Waals surface area (Å²) in [5.74, 6) is 1.01. The topological polar surface area (TPSA) is 106 Å². The number of carboxylic acid groups (broad SMARTS) is 1. The van der Waals surface area contributed by atoms with Gasteiger partial charge in [-0.25, -0.2) is 9.78 Å². The van der Waals surface area contributed by atoms with Crippen LogP contribution >= 0.6 is 0 Å². The third-order valence-corrected chi connectivity index (χ3v) is 5.01. The van der Waals surface area contributed by atoms with Gasteiger partial charge in [0, 0.05) is 30.9 Å². The SMILES string of the molecule is COc1cc(-c2nnn(Cc3ccccc3C(=O)O)n2)ccc1CN(C)c1ccccn1. The van der Waals surface area contributed by atoms with Gasteiger partial charge in [-0.2, -0.15) is 4.80 Å².